The van der Waals surface area contributed by atoms with E-state index in [1.54, 1.807) is 14.2 Å². The maximum atomic E-state index is 6.19. The van der Waals surface area contributed by atoms with Gasteiger partial charge in [-0.05, 0) is 43.6 Å². The highest BCUT2D eigenvalue weighted by atomic mass is 35.5. The topological polar surface area (TPSA) is 33.7 Å². The summed E-state index contributed by atoms with van der Waals surface area (Å²) in [7, 11) is 3.22. The molecule has 2 rings (SSSR count). The molecule has 1 saturated heterocycles. The van der Waals surface area contributed by atoms with Crippen LogP contribution in [0.2, 0.25) is 5.02 Å². The molecule has 1 fully saturated rings. The molecule has 0 aliphatic carbocycles. The van der Waals surface area contributed by atoms with Crippen LogP contribution in [-0.4, -0.2) is 45.3 Å². The average molecular weight is 299 g/mol. The number of methoxy groups -OCH3 is 2. The molecule has 1 aromatic carbocycles. The Labute approximate surface area is 126 Å². The maximum Gasteiger partial charge on any atom is 0.179 e. The van der Waals surface area contributed by atoms with Crippen LogP contribution in [0.15, 0.2) is 12.1 Å². The van der Waals surface area contributed by atoms with Crippen molar-refractivity contribution in [2.45, 2.75) is 19.4 Å². The number of hydrogen-bond acceptors (Lipinski definition) is 4. The molecule has 0 radical (unpaired) electrons. The second-order valence-corrected chi connectivity index (χ2v) is 5.45. The van der Waals surface area contributed by atoms with Crippen LogP contribution in [0.5, 0.6) is 11.5 Å². The minimum Gasteiger partial charge on any atom is -0.493 e. The second-order valence-electron chi connectivity index (χ2n) is 5.04. The van der Waals surface area contributed by atoms with E-state index in [1.165, 1.54) is 25.9 Å². The van der Waals surface area contributed by atoms with Gasteiger partial charge in [0.15, 0.2) is 11.5 Å². The second kappa shape index (κ2) is 7.72. The van der Waals surface area contributed by atoms with Gasteiger partial charge in [0.05, 0.1) is 19.2 Å². The number of nitrogens with zero attached hydrogens (tertiary/aromatic N) is 1. The Kier molecular flexibility index (Phi) is 5.95. The lowest BCUT2D eigenvalue weighted by atomic mass is 10.2. The molecule has 0 amide bonds. The van der Waals surface area contributed by atoms with Crippen molar-refractivity contribution >= 4 is 11.6 Å². The summed E-state index contributed by atoms with van der Waals surface area (Å²) in [5.41, 5.74) is 1.11. The third-order valence-electron chi connectivity index (χ3n) is 3.63. The standard InChI is InChI=1S/C15H23ClN2O2/c1-19-14-10-12(9-13(16)15(14)20-2)11-17-5-8-18-6-3-4-7-18/h9-10,17H,3-8,11H2,1-2H3. The van der Waals surface area contributed by atoms with Gasteiger partial charge in [0, 0.05) is 19.6 Å². The molecular weight excluding hydrogens is 276 g/mol. The molecule has 5 heteroatoms. The highest BCUT2D eigenvalue weighted by Crippen LogP contribution is 2.35. The molecule has 1 aliphatic heterocycles. The van der Waals surface area contributed by atoms with Gasteiger partial charge in [0.1, 0.15) is 0 Å². The number of halogens is 1. The van der Waals surface area contributed by atoms with Crippen LogP contribution >= 0.6 is 11.6 Å². The third-order valence-corrected chi connectivity index (χ3v) is 3.91. The number of benzene rings is 1. The molecule has 1 N–H and O–H groups in total. The third kappa shape index (κ3) is 4.01. The van der Waals surface area contributed by atoms with Gasteiger partial charge in [-0.2, -0.15) is 0 Å². The van der Waals surface area contributed by atoms with Crippen molar-refractivity contribution in [1.29, 1.82) is 0 Å². The molecule has 1 aliphatic rings. The lowest BCUT2D eigenvalue weighted by Gasteiger charge is -2.15. The van der Waals surface area contributed by atoms with Gasteiger partial charge in [0.2, 0.25) is 0 Å². The summed E-state index contributed by atoms with van der Waals surface area (Å²) in [6.45, 7) is 5.37. The Morgan fingerprint density at radius 1 is 1.20 bits per heavy atom. The fourth-order valence-electron chi connectivity index (χ4n) is 2.55. The molecule has 4 nitrogen and oxygen atoms in total. The van der Waals surface area contributed by atoms with E-state index >= 15 is 0 Å². The molecule has 0 unspecified atom stereocenters. The number of nitrogens with one attached hydrogen (secondary N) is 1. The Bertz CT molecular complexity index is 434. The maximum absolute atomic E-state index is 6.19. The number of rotatable bonds is 7. The van der Waals surface area contributed by atoms with Gasteiger partial charge in [-0.15, -0.1) is 0 Å². The number of hydrogen-bond donors (Lipinski definition) is 1. The molecule has 1 heterocycles. The molecule has 0 atom stereocenters. The van der Waals surface area contributed by atoms with E-state index in [-0.39, 0.29) is 0 Å². The minimum atomic E-state index is 0.586. The Morgan fingerprint density at radius 2 is 1.95 bits per heavy atom. The Hall–Kier alpha value is -0.970. The van der Waals surface area contributed by atoms with Crippen molar-refractivity contribution in [3.05, 3.63) is 22.7 Å². The van der Waals surface area contributed by atoms with Crippen LogP contribution in [0.25, 0.3) is 0 Å². The first-order valence-corrected chi connectivity index (χ1v) is 7.46. The summed E-state index contributed by atoms with van der Waals surface area (Å²) >= 11 is 6.19. The smallest absolute Gasteiger partial charge is 0.179 e. The zero-order valence-electron chi connectivity index (χ0n) is 12.2. The van der Waals surface area contributed by atoms with E-state index in [0.29, 0.717) is 16.5 Å². The zero-order valence-corrected chi connectivity index (χ0v) is 13.0. The summed E-state index contributed by atoms with van der Waals surface area (Å²) in [5.74, 6) is 1.27. The van der Waals surface area contributed by atoms with Crippen molar-refractivity contribution in [2.75, 3.05) is 40.4 Å². The van der Waals surface area contributed by atoms with E-state index in [0.717, 1.165) is 25.2 Å². The van der Waals surface area contributed by atoms with Crippen molar-refractivity contribution in [2.24, 2.45) is 0 Å². The van der Waals surface area contributed by atoms with Gasteiger partial charge in [-0.3, -0.25) is 0 Å². The normalized spacial score (nSPS) is 15.6. The Balaban J connectivity index is 1.84. The van der Waals surface area contributed by atoms with Crippen LogP contribution in [-0.2, 0) is 6.54 Å². The molecule has 0 bridgehead atoms. The summed E-state index contributed by atoms with van der Waals surface area (Å²) in [6.07, 6.45) is 2.68. The predicted octanol–water partition coefficient (Wildman–Crippen LogP) is 2.54. The summed E-state index contributed by atoms with van der Waals surface area (Å²) in [5, 5.41) is 4.03. The van der Waals surface area contributed by atoms with E-state index in [1.807, 2.05) is 12.1 Å². The molecular formula is C15H23ClN2O2. The average Bonchev–Trinajstić information content (AvgIpc) is 2.96. The summed E-state index contributed by atoms with van der Waals surface area (Å²) in [6, 6.07) is 3.89. The van der Waals surface area contributed by atoms with Crippen LogP contribution in [0, 0.1) is 0 Å². The Morgan fingerprint density at radius 3 is 2.60 bits per heavy atom. The van der Waals surface area contributed by atoms with E-state index in [4.69, 9.17) is 21.1 Å². The van der Waals surface area contributed by atoms with Gasteiger partial charge in [-0.25, -0.2) is 0 Å². The van der Waals surface area contributed by atoms with E-state index in [9.17, 15) is 0 Å². The van der Waals surface area contributed by atoms with Crippen LogP contribution in [0.4, 0.5) is 0 Å². The lowest BCUT2D eigenvalue weighted by Crippen LogP contribution is -2.29. The van der Waals surface area contributed by atoms with Crippen molar-refractivity contribution in [3.63, 3.8) is 0 Å². The highest BCUT2D eigenvalue weighted by molar-refractivity contribution is 6.32. The van der Waals surface area contributed by atoms with Crippen LogP contribution < -0.4 is 14.8 Å². The predicted molar refractivity (Wildman–Crippen MR) is 81.9 cm³/mol. The monoisotopic (exact) mass is 298 g/mol. The fraction of sp³-hybridized carbons (Fsp3) is 0.600. The van der Waals surface area contributed by atoms with Gasteiger partial charge in [0.25, 0.3) is 0 Å². The zero-order chi connectivity index (χ0) is 14.4. The minimum absolute atomic E-state index is 0.586. The van der Waals surface area contributed by atoms with Gasteiger partial charge < -0.3 is 19.7 Å². The SMILES string of the molecule is COc1cc(CNCCN2CCCC2)cc(Cl)c1OC. The van der Waals surface area contributed by atoms with Gasteiger partial charge >= 0.3 is 0 Å². The van der Waals surface area contributed by atoms with Gasteiger partial charge in [-0.1, -0.05) is 11.6 Å². The number of ether oxygens (including phenoxy) is 2. The van der Waals surface area contributed by atoms with E-state index in [2.05, 4.69) is 10.2 Å². The highest BCUT2D eigenvalue weighted by Gasteiger charge is 2.12. The molecule has 112 valence electrons. The first kappa shape index (κ1) is 15.4. The lowest BCUT2D eigenvalue weighted by molar-refractivity contribution is 0.335. The first-order chi connectivity index (χ1) is 9.74. The summed E-state index contributed by atoms with van der Waals surface area (Å²) < 4.78 is 10.5. The summed E-state index contributed by atoms with van der Waals surface area (Å²) in [4.78, 5) is 2.49. The molecule has 0 spiro atoms. The fourth-order valence-corrected chi connectivity index (χ4v) is 2.86. The molecule has 0 aromatic heterocycles. The van der Waals surface area contributed by atoms with Crippen molar-refractivity contribution < 1.29 is 9.47 Å². The van der Waals surface area contributed by atoms with Crippen LogP contribution in [0.1, 0.15) is 18.4 Å². The first-order valence-electron chi connectivity index (χ1n) is 7.08. The largest absolute Gasteiger partial charge is 0.493 e. The van der Waals surface area contributed by atoms with E-state index < -0.39 is 0 Å². The molecule has 0 saturated carbocycles. The molecule has 1 aromatic rings. The van der Waals surface area contributed by atoms with Crippen molar-refractivity contribution in [1.82, 2.24) is 10.2 Å². The molecule has 20 heavy (non-hydrogen) atoms. The quantitative estimate of drug-likeness (QED) is 0.785. The number of likely N-dealkylation sites (tertiary alicyclic amines) is 1. The van der Waals surface area contributed by atoms with Crippen LogP contribution in [0.3, 0.4) is 0 Å². The van der Waals surface area contributed by atoms with Crippen molar-refractivity contribution in [3.8, 4) is 11.5 Å².